The topological polar surface area (TPSA) is 51.2 Å². The summed E-state index contributed by atoms with van der Waals surface area (Å²) in [6.07, 6.45) is 5.93. The molecule has 0 spiro atoms. The standard InChI is InChI=1S/C13H8N2OS.C3H7O.K/c16-13(15-9-17)7-6-10-3-1-5-12-11(10)4-2-8-14-12;1-3-4-2;/h1-5,7-8H,(H,15,16,17);1,3H2,2H3;/q-2;-1;+1. The first-order chi connectivity index (χ1) is 10.2. The number of rotatable bonds is 4. The second-order valence-electron chi connectivity index (χ2n) is 3.75. The van der Waals surface area contributed by atoms with Crippen LogP contribution in [0.15, 0.2) is 42.6 Å². The number of ether oxygens (including phenoxy) is 1. The van der Waals surface area contributed by atoms with Crippen LogP contribution in [-0.2, 0) is 9.53 Å². The molecule has 4 nitrogen and oxygen atoms in total. The SMILES string of the molecule is O=C(C=[C-]c1cccc2ncccc12)N[C-]=S.[CH2-]COC.[K+]. The Kier molecular flexibility index (Phi) is 12.7. The Morgan fingerprint density at radius 3 is 2.82 bits per heavy atom. The predicted octanol–water partition coefficient (Wildman–Crippen LogP) is -0.636. The summed E-state index contributed by atoms with van der Waals surface area (Å²) in [5.74, 6) is -0.346. The summed E-state index contributed by atoms with van der Waals surface area (Å²) < 4.78 is 4.43. The number of nitrogens with one attached hydrogen (secondary N) is 1. The minimum Gasteiger partial charge on any atom is -0.484 e. The third-order valence-corrected chi connectivity index (χ3v) is 2.48. The third kappa shape index (κ3) is 7.69. The number of carbonyl (C=O) groups is 1. The Morgan fingerprint density at radius 1 is 1.45 bits per heavy atom. The minimum atomic E-state index is -0.346. The molecule has 0 atom stereocenters. The van der Waals surface area contributed by atoms with Crippen LogP contribution in [0.5, 0.6) is 0 Å². The summed E-state index contributed by atoms with van der Waals surface area (Å²) in [5, 5.41) is 3.21. The van der Waals surface area contributed by atoms with E-state index in [-0.39, 0.29) is 57.3 Å². The van der Waals surface area contributed by atoms with E-state index in [9.17, 15) is 4.79 Å². The molecule has 2 rings (SSSR count). The molecule has 0 saturated heterocycles. The van der Waals surface area contributed by atoms with Crippen LogP contribution < -0.4 is 56.7 Å². The van der Waals surface area contributed by atoms with Crippen molar-refractivity contribution in [2.75, 3.05) is 13.7 Å². The molecule has 0 radical (unpaired) electrons. The van der Waals surface area contributed by atoms with E-state index in [1.807, 2.05) is 30.3 Å². The van der Waals surface area contributed by atoms with Crippen molar-refractivity contribution in [3.05, 3.63) is 61.2 Å². The monoisotopic (exact) mass is 338 g/mol. The maximum atomic E-state index is 11.2. The van der Waals surface area contributed by atoms with E-state index in [4.69, 9.17) is 0 Å². The number of aromatic nitrogens is 1. The molecule has 110 valence electrons. The molecule has 1 N–H and O–H groups in total. The second-order valence-corrected chi connectivity index (χ2v) is 3.95. The molecule has 0 bridgehead atoms. The van der Waals surface area contributed by atoms with Gasteiger partial charge in [-0.1, -0.05) is 35.7 Å². The number of hydrogen-bond donors (Lipinski definition) is 1. The Labute approximate surface area is 178 Å². The van der Waals surface area contributed by atoms with Crippen LogP contribution in [0.1, 0.15) is 5.56 Å². The van der Waals surface area contributed by atoms with Crippen molar-refractivity contribution in [2.24, 2.45) is 0 Å². The van der Waals surface area contributed by atoms with Gasteiger partial charge in [-0.3, -0.25) is 4.98 Å². The quantitative estimate of drug-likeness (QED) is 0.265. The molecule has 2 aromatic rings. The van der Waals surface area contributed by atoms with Crippen molar-refractivity contribution in [3.63, 3.8) is 0 Å². The van der Waals surface area contributed by atoms with Gasteiger partial charge in [0.25, 0.3) is 0 Å². The van der Waals surface area contributed by atoms with Crippen LogP contribution in [0, 0.1) is 13.0 Å². The van der Waals surface area contributed by atoms with Gasteiger partial charge in [-0.25, -0.2) is 12.2 Å². The average Bonchev–Trinajstić information content (AvgIpc) is 2.53. The van der Waals surface area contributed by atoms with Gasteiger partial charge in [-0.15, -0.1) is 29.8 Å². The molecule has 1 aromatic carbocycles. The fourth-order valence-corrected chi connectivity index (χ4v) is 1.56. The fraction of sp³-hybridized carbons (Fsp3) is 0.125. The predicted molar refractivity (Wildman–Crippen MR) is 86.6 cm³/mol. The normalized spacial score (nSPS) is 9.55. The number of fused-ring (bicyclic) bond motifs is 1. The zero-order chi connectivity index (χ0) is 15.5. The van der Waals surface area contributed by atoms with Crippen LogP contribution in [0.4, 0.5) is 0 Å². The molecule has 6 heteroatoms. The van der Waals surface area contributed by atoms with E-state index in [2.05, 4.69) is 45.7 Å². The molecular weight excluding hydrogens is 323 g/mol. The summed E-state index contributed by atoms with van der Waals surface area (Å²) in [5.41, 5.74) is 3.82. The number of methoxy groups -OCH3 is 1. The number of benzene rings is 1. The van der Waals surface area contributed by atoms with Crippen molar-refractivity contribution in [1.82, 2.24) is 10.3 Å². The van der Waals surface area contributed by atoms with Gasteiger partial charge in [0.2, 0.25) is 0 Å². The molecule has 1 heterocycles. The Balaban J connectivity index is 0.000000791. The van der Waals surface area contributed by atoms with Crippen molar-refractivity contribution >= 4 is 34.5 Å². The molecule has 0 aliphatic heterocycles. The Morgan fingerprint density at radius 2 is 2.18 bits per heavy atom. The van der Waals surface area contributed by atoms with Gasteiger partial charge in [0.15, 0.2) is 0 Å². The molecule has 0 aliphatic carbocycles. The van der Waals surface area contributed by atoms with Gasteiger partial charge >= 0.3 is 51.4 Å². The first kappa shape index (κ1) is 21.5. The summed E-state index contributed by atoms with van der Waals surface area (Å²) in [6, 6.07) is 9.43. The van der Waals surface area contributed by atoms with Crippen LogP contribution in [-0.4, -0.2) is 30.1 Å². The Hall–Kier alpha value is -0.474. The smallest absolute Gasteiger partial charge is 0.484 e. The van der Waals surface area contributed by atoms with Crippen molar-refractivity contribution in [2.45, 2.75) is 0 Å². The van der Waals surface area contributed by atoms with Gasteiger partial charge in [-0.05, 0) is 0 Å². The third-order valence-electron chi connectivity index (χ3n) is 2.38. The molecular formula is C16H15KN2O2S-2. The van der Waals surface area contributed by atoms with Crippen LogP contribution in [0.2, 0.25) is 0 Å². The number of nitrogens with zero attached hydrogens (tertiary/aromatic N) is 1. The average molecular weight is 338 g/mol. The summed E-state index contributed by atoms with van der Waals surface area (Å²) >= 11 is 4.40. The zero-order valence-electron chi connectivity index (χ0n) is 12.6. The largest absolute Gasteiger partial charge is 1.00 e. The van der Waals surface area contributed by atoms with Gasteiger partial charge in [0.1, 0.15) is 0 Å². The van der Waals surface area contributed by atoms with Gasteiger partial charge < -0.3 is 21.8 Å². The zero-order valence-corrected chi connectivity index (χ0v) is 16.6. The number of hydrogen-bond acceptors (Lipinski definition) is 4. The molecule has 0 saturated carbocycles. The molecule has 1 aromatic heterocycles. The van der Waals surface area contributed by atoms with Crippen molar-refractivity contribution in [3.8, 4) is 0 Å². The van der Waals surface area contributed by atoms with Crippen molar-refractivity contribution in [1.29, 1.82) is 0 Å². The maximum absolute atomic E-state index is 11.2. The minimum absolute atomic E-state index is 0. The van der Waals surface area contributed by atoms with Gasteiger partial charge in [-0.2, -0.15) is 0 Å². The number of amides is 1. The second kappa shape index (κ2) is 13.0. The fourth-order valence-electron chi connectivity index (χ4n) is 1.46. The van der Waals surface area contributed by atoms with E-state index in [1.54, 1.807) is 13.3 Å². The van der Waals surface area contributed by atoms with E-state index < -0.39 is 0 Å². The van der Waals surface area contributed by atoms with E-state index >= 15 is 0 Å². The van der Waals surface area contributed by atoms with Gasteiger partial charge in [0.05, 0.1) is 5.91 Å². The van der Waals surface area contributed by atoms with E-state index in [0.29, 0.717) is 6.61 Å². The maximum Gasteiger partial charge on any atom is 1.00 e. The Bertz CT molecular complexity index is 625. The van der Waals surface area contributed by atoms with E-state index in [0.717, 1.165) is 16.5 Å². The van der Waals surface area contributed by atoms with Crippen LogP contribution >= 0.6 is 12.2 Å². The number of carbonyl (C=O) groups excluding carboxylic acids is 1. The van der Waals surface area contributed by atoms with Crippen LogP contribution in [0.3, 0.4) is 0 Å². The molecule has 22 heavy (non-hydrogen) atoms. The molecule has 0 unspecified atom stereocenters. The molecule has 1 amide bonds. The van der Waals surface area contributed by atoms with Crippen molar-refractivity contribution < 1.29 is 60.9 Å². The summed E-state index contributed by atoms with van der Waals surface area (Å²) in [6.45, 7) is 3.95. The summed E-state index contributed by atoms with van der Waals surface area (Å²) in [7, 11) is 1.62. The number of thiocarbonyl (C=S) groups is 1. The number of pyridine rings is 1. The van der Waals surface area contributed by atoms with E-state index in [1.165, 1.54) is 6.08 Å². The molecule has 0 fully saturated rings. The first-order valence-corrected chi connectivity index (χ1v) is 6.52. The van der Waals surface area contributed by atoms with Crippen LogP contribution in [0.25, 0.3) is 10.9 Å². The van der Waals surface area contributed by atoms with Gasteiger partial charge in [0, 0.05) is 18.8 Å². The molecule has 0 aliphatic rings. The summed E-state index contributed by atoms with van der Waals surface area (Å²) in [4.78, 5) is 15.4. The first-order valence-electron chi connectivity index (χ1n) is 6.11.